The zero-order chi connectivity index (χ0) is 14.4. The standard InChI is InChI=1S/C17H29N3/c1-4-10-18-14(2)16-9-11-19-17(12-16)20(3)13-15-7-5-6-8-15/h9,11-12,14-15,18H,4-8,10,13H2,1-3H3. The zero-order valence-electron chi connectivity index (χ0n) is 13.2. The van der Waals surface area contributed by atoms with Crippen molar-refractivity contribution in [1.82, 2.24) is 10.3 Å². The largest absolute Gasteiger partial charge is 0.359 e. The third-order valence-corrected chi connectivity index (χ3v) is 4.37. The first kappa shape index (κ1) is 15.3. The van der Waals surface area contributed by atoms with Crippen molar-refractivity contribution in [3.8, 4) is 0 Å². The lowest BCUT2D eigenvalue weighted by atomic mass is 10.1. The third kappa shape index (κ3) is 4.20. The van der Waals surface area contributed by atoms with Gasteiger partial charge in [-0.15, -0.1) is 0 Å². The molecular formula is C17H29N3. The topological polar surface area (TPSA) is 28.2 Å². The zero-order valence-corrected chi connectivity index (χ0v) is 13.2. The first-order valence-electron chi connectivity index (χ1n) is 8.11. The molecule has 1 fully saturated rings. The predicted octanol–water partition coefficient (Wildman–Crippen LogP) is 3.77. The molecule has 1 atom stereocenters. The third-order valence-electron chi connectivity index (χ3n) is 4.37. The summed E-state index contributed by atoms with van der Waals surface area (Å²) in [6.45, 7) is 6.64. The Kier molecular flexibility index (Phi) is 5.84. The maximum Gasteiger partial charge on any atom is 0.128 e. The van der Waals surface area contributed by atoms with Gasteiger partial charge in [-0.3, -0.25) is 0 Å². The first-order chi connectivity index (χ1) is 9.70. The van der Waals surface area contributed by atoms with E-state index in [1.54, 1.807) is 0 Å². The lowest BCUT2D eigenvalue weighted by Crippen LogP contribution is -2.25. The molecule has 2 rings (SSSR count). The smallest absolute Gasteiger partial charge is 0.128 e. The highest BCUT2D eigenvalue weighted by Crippen LogP contribution is 2.27. The van der Waals surface area contributed by atoms with Crippen LogP contribution in [0, 0.1) is 5.92 Å². The second kappa shape index (κ2) is 7.63. The van der Waals surface area contributed by atoms with E-state index >= 15 is 0 Å². The average molecular weight is 275 g/mol. The molecule has 3 heteroatoms. The number of anilines is 1. The Hall–Kier alpha value is -1.09. The van der Waals surface area contributed by atoms with Crippen LogP contribution in [0.5, 0.6) is 0 Å². The normalized spacial score (nSPS) is 17.4. The van der Waals surface area contributed by atoms with Gasteiger partial charge in [0.2, 0.25) is 0 Å². The van der Waals surface area contributed by atoms with Crippen molar-refractivity contribution in [2.24, 2.45) is 5.92 Å². The molecule has 0 spiro atoms. The van der Waals surface area contributed by atoms with Crippen LogP contribution in [-0.4, -0.2) is 25.1 Å². The van der Waals surface area contributed by atoms with Crippen molar-refractivity contribution in [3.05, 3.63) is 23.9 Å². The Bertz CT molecular complexity index is 399. The number of aromatic nitrogens is 1. The van der Waals surface area contributed by atoms with E-state index in [-0.39, 0.29) is 0 Å². The summed E-state index contributed by atoms with van der Waals surface area (Å²) in [5.41, 5.74) is 1.33. The fourth-order valence-electron chi connectivity index (χ4n) is 3.06. The van der Waals surface area contributed by atoms with Gasteiger partial charge < -0.3 is 10.2 Å². The molecule has 0 aromatic carbocycles. The molecule has 1 saturated carbocycles. The summed E-state index contributed by atoms with van der Waals surface area (Å²) in [5.74, 6) is 1.97. The van der Waals surface area contributed by atoms with Gasteiger partial charge in [-0.25, -0.2) is 4.98 Å². The predicted molar refractivity (Wildman–Crippen MR) is 86.2 cm³/mol. The van der Waals surface area contributed by atoms with Crippen molar-refractivity contribution in [2.45, 2.75) is 52.0 Å². The van der Waals surface area contributed by atoms with Crippen LogP contribution in [0.1, 0.15) is 57.6 Å². The summed E-state index contributed by atoms with van der Waals surface area (Å²) in [7, 11) is 2.18. The quantitative estimate of drug-likeness (QED) is 0.821. The van der Waals surface area contributed by atoms with E-state index in [2.05, 4.69) is 48.2 Å². The van der Waals surface area contributed by atoms with E-state index in [4.69, 9.17) is 0 Å². The van der Waals surface area contributed by atoms with Crippen LogP contribution in [0.3, 0.4) is 0 Å². The number of hydrogen-bond acceptors (Lipinski definition) is 3. The molecule has 0 bridgehead atoms. The molecule has 0 radical (unpaired) electrons. The molecule has 1 unspecified atom stereocenters. The molecule has 20 heavy (non-hydrogen) atoms. The van der Waals surface area contributed by atoms with Crippen LogP contribution < -0.4 is 10.2 Å². The highest BCUT2D eigenvalue weighted by Gasteiger charge is 2.17. The number of pyridine rings is 1. The van der Waals surface area contributed by atoms with Gasteiger partial charge in [-0.1, -0.05) is 19.8 Å². The molecule has 1 aliphatic rings. The van der Waals surface area contributed by atoms with Gasteiger partial charge in [0.15, 0.2) is 0 Å². The van der Waals surface area contributed by atoms with Crippen molar-refractivity contribution in [1.29, 1.82) is 0 Å². The molecule has 1 aliphatic carbocycles. The highest BCUT2D eigenvalue weighted by molar-refractivity contribution is 5.41. The SMILES string of the molecule is CCCNC(C)c1ccnc(N(C)CC2CCCC2)c1. The van der Waals surface area contributed by atoms with Crippen LogP contribution in [0.4, 0.5) is 5.82 Å². The van der Waals surface area contributed by atoms with Crippen molar-refractivity contribution in [3.63, 3.8) is 0 Å². The molecule has 0 amide bonds. The van der Waals surface area contributed by atoms with E-state index in [1.165, 1.54) is 37.7 Å². The molecule has 3 nitrogen and oxygen atoms in total. The van der Waals surface area contributed by atoms with E-state index in [1.807, 2.05) is 6.20 Å². The highest BCUT2D eigenvalue weighted by atomic mass is 15.2. The summed E-state index contributed by atoms with van der Waals surface area (Å²) in [6.07, 6.45) is 8.70. The minimum Gasteiger partial charge on any atom is -0.359 e. The fraction of sp³-hybridized carbons (Fsp3) is 0.706. The molecule has 1 aromatic rings. The monoisotopic (exact) mass is 275 g/mol. The van der Waals surface area contributed by atoms with E-state index in [0.29, 0.717) is 6.04 Å². The number of hydrogen-bond donors (Lipinski definition) is 1. The maximum atomic E-state index is 4.54. The van der Waals surface area contributed by atoms with Gasteiger partial charge >= 0.3 is 0 Å². The Morgan fingerprint density at radius 2 is 2.15 bits per heavy atom. The summed E-state index contributed by atoms with van der Waals surface area (Å²) < 4.78 is 0. The van der Waals surface area contributed by atoms with Gasteiger partial charge in [0.1, 0.15) is 5.82 Å². The number of rotatable bonds is 7. The minimum absolute atomic E-state index is 0.400. The second-order valence-corrected chi connectivity index (χ2v) is 6.15. The lowest BCUT2D eigenvalue weighted by molar-refractivity contribution is 0.543. The van der Waals surface area contributed by atoms with Crippen LogP contribution in [-0.2, 0) is 0 Å². The van der Waals surface area contributed by atoms with Crippen molar-refractivity contribution in [2.75, 3.05) is 25.0 Å². The first-order valence-corrected chi connectivity index (χ1v) is 8.11. The summed E-state index contributed by atoms with van der Waals surface area (Å²) in [6, 6.07) is 4.76. The van der Waals surface area contributed by atoms with E-state index in [0.717, 1.165) is 24.8 Å². The molecular weight excluding hydrogens is 246 g/mol. The average Bonchev–Trinajstić information content (AvgIpc) is 2.97. The lowest BCUT2D eigenvalue weighted by Gasteiger charge is -2.23. The summed E-state index contributed by atoms with van der Waals surface area (Å²) in [5, 5.41) is 3.54. The molecule has 0 aliphatic heterocycles. The number of nitrogens with zero attached hydrogens (tertiary/aromatic N) is 2. The number of nitrogens with one attached hydrogen (secondary N) is 1. The molecule has 0 saturated heterocycles. The summed E-state index contributed by atoms with van der Waals surface area (Å²) in [4.78, 5) is 6.87. The summed E-state index contributed by atoms with van der Waals surface area (Å²) >= 11 is 0. The van der Waals surface area contributed by atoms with Crippen molar-refractivity contribution >= 4 is 5.82 Å². The Morgan fingerprint density at radius 3 is 2.85 bits per heavy atom. The van der Waals surface area contributed by atoms with Crippen molar-refractivity contribution < 1.29 is 0 Å². The van der Waals surface area contributed by atoms with E-state index < -0.39 is 0 Å². The Labute approximate surface area is 123 Å². The van der Waals surface area contributed by atoms with E-state index in [9.17, 15) is 0 Å². The minimum atomic E-state index is 0.400. The van der Waals surface area contributed by atoms with Crippen LogP contribution in [0.25, 0.3) is 0 Å². The molecule has 1 heterocycles. The molecule has 1 N–H and O–H groups in total. The maximum absolute atomic E-state index is 4.54. The molecule has 112 valence electrons. The van der Waals surface area contributed by atoms with Crippen LogP contribution in [0.2, 0.25) is 0 Å². The Balaban J connectivity index is 1.96. The van der Waals surface area contributed by atoms with Gasteiger partial charge in [0, 0.05) is 25.8 Å². The van der Waals surface area contributed by atoms with Crippen LogP contribution >= 0.6 is 0 Å². The van der Waals surface area contributed by atoms with Gasteiger partial charge in [-0.2, -0.15) is 0 Å². The Morgan fingerprint density at radius 1 is 1.40 bits per heavy atom. The molecule has 1 aromatic heterocycles. The second-order valence-electron chi connectivity index (χ2n) is 6.15. The van der Waals surface area contributed by atoms with Gasteiger partial charge in [0.05, 0.1) is 0 Å². The van der Waals surface area contributed by atoms with Crippen LogP contribution in [0.15, 0.2) is 18.3 Å². The van der Waals surface area contributed by atoms with Gasteiger partial charge in [-0.05, 0) is 56.3 Å². The fourth-order valence-corrected chi connectivity index (χ4v) is 3.06. The van der Waals surface area contributed by atoms with Gasteiger partial charge in [0.25, 0.3) is 0 Å².